The van der Waals surface area contributed by atoms with Crippen LogP contribution in [-0.2, 0) is 14.3 Å². The van der Waals surface area contributed by atoms with Crippen molar-refractivity contribution < 1.29 is 14.3 Å². The summed E-state index contributed by atoms with van der Waals surface area (Å²) in [6, 6.07) is 0. The molecule has 0 aliphatic heterocycles. The van der Waals surface area contributed by atoms with Crippen LogP contribution in [0.25, 0.3) is 0 Å². The SMILES string of the molecule is CCCN(CC(=O)N(C)C)C(=O)COC(C)C. The average Bonchev–Trinajstić information content (AvgIpc) is 2.24. The molecule has 0 aliphatic carbocycles. The molecule has 0 spiro atoms. The van der Waals surface area contributed by atoms with Gasteiger partial charge in [-0.2, -0.15) is 0 Å². The Morgan fingerprint density at radius 2 is 1.76 bits per heavy atom. The first-order valence-electron chi connectivity index (χ1n) is 5.98. The van der Waals surface area contributed by atoms with Gasteiger partial charge < -0.3 is 14.5 Å². The van der Waals surface area contributed by atoms with Crippen LogP contribution >= 0.6 is 0 Å². The zero-order chi connectivity index (χ0) is 13.4. The van der Waals surface area contributed by atoms with Gasteiger partial charge in [0.25, 0.3) is 0 Å². The standard InChI is InChI=1S/C12H24N2O3/c1-6-7-14(8-11(15)13(4)5)12(16)9-17-10(2)3/h10H,6-9H2,1-5H3. The second kappa shape index (κ2) is 8.06. The molecule has 0 heterocycles. The highest BCUT2D eigenvalue weighted by molar-refractivity contribution is 5.85. The molecule has 0 N–H and O–H groups in total. The number of likely N-dealkylation sites (N-methyl/N-ethyl adjacent to an activating group) is 1. The molecule has 0 bridgehead atoms. The molecule has 0 saturated heterocycles. The van der Waals surface area contributed by atoms with Gasteiger partial charge in [-0.15, -0.1) is 0 Å². The molecule has 5 heteroatoms. The van der Waals surface area contributed by atoms with Crippen molar-refractivity contribution >= 4 is 11.8 Å². The highest BCUT2D eigenvalue weighted by Crippen LogP contribution is 1.97. The van der Waals surface area contributed by atoms with E-state index in [1.165, 1.54) is 4.90 Å². The lowest BCUT2D eigenvalue weighted by molar-refractivity contribution is -0.143. The Labute approximate surface area is 104 Å². The molecule has 0 radical (unpaired) electrons. The van der Waals surface area contributed by atoms with Crippen LogP contribution < -0.4 is 0 Å². The molecule has 0 rings (SSSR count). The van der Waals surface area contributed by atoms with E-state index in [2.05, 4.69) is 0 Å². The summed E-state index contributed by atoms with van der Waals surface area (Å²) >= 11 is 0. The molecule has 2 amide bonds. The molecule has 0 aromatic carbocycles. The molecule has 0 atom stereocenters. The second-order valence-corrected chi connectivity index (χ2v) is 4.46. The van der Waals surface area contributed by atoms with Gasteiger partial charge in [0, 0.05) is 20.6 Å². The van der Waals surface area contributed by atoms with E-state index in [1.807, 2.05) is 20.8 Å². The Balaban J connectivity index is 4.30. The number of rotatable bonds is 7. The van der Waals surface area contributed by atoms with Crippen LogP contribution in [0.4, 0.5) is 0 Å². The first kappa shape index (κ1) is 15.9. The number of carbonyl (C=O) groups excluding carboxylic acids is 2. The first-order chi connectivity index (χ1) is 7.88. The van der Waals surface area contributed by atoms with E-state index in [0.717, 1.165) is 6.42 Å². The van der Waals surface area contributed by atoms with E-state index in [-0.39, 0.29) is 31.1 Å². The normalized spacial score (nSPS) is 10.5. The molecule has 0 saturated carbocycles. The molecule has 0 aliphatic rings. The van der Waals surface area contributed by atoms with Crippen LogP contribution in [0.15, 0.2) is 0 Å². The molecule has 100 valence electrons. The fourth-order valence-electron chi connectivity index (χ4n) is 1.20. The Bertz CT molecular complexity index is 252. The summed E-state index contributed by atoms with van der Waals surface area (Å²) in [5.74, 6) is -0.202. The van der Waals surface area contributed by atoms with Gasteiger partial charge >= 0.3 is 0 Å². The van der Waals surface area contributed by atoms with Gasteiger partial charge in [-0.05, 0) is 20.3 Å². The fourth-order valence-corrected chi connectivity index (χ4v) is 1.20. The zero-order valence-electron chi connectivity index (χ0n) is 11.5. The summed E-state index contributed by atoms with van der Waals surface area (Å²) < 4.78 is 5.26. The predicted molar refractivity (Wildman–Crippen MR) is 66.7 cm³/mol. The van der Waals surface area contributed by atoms with Crippen molar-refractivity contribution in [1.29, 1.82) is 0 Å². The summed E-state index contributed by atoms with van der Waals surface area (Å²) in [5, 5.41) is 0. The van der Waals surface area contributed by atoms with Crippen LogP contribution in [-0.4, -0.2) is 61.5 Å². The molecule has 17 heavy (non-hydrogen) atoms. The van der Waals surface area contributed by atoms with Crippen LogP contribution in [0.3, 0.4) is 0 Å². The van der Waals surface area contributed by atoms with Gasteiger partial charge in [0.2, 0.25) is 11.8 Å². The topological polar surface area (TPSA) is 49.9 Å². The third kappa shape index (κ3) is 6.94. The lowest BCUT2D eigenvalue weighted by atomic mass is 10.3. The molecule has 5 nitrogen and oxygen atoms in total. The highest BCUT2D eigenvalue weighted by Gasteiger charge is 2.17. The minimum Gasteiger partial charge on any atom is -0.369 e. The Kier molecular flexibility index (Phi) is 7.54. The van der Waals surface area contributed by atoms with Crippen molar-refractivity contribution in [3.63, 3.8) is 0 Å². The van der Waals surface area contributed by atoms with Crippen molar-refractivity contribution in [2.24, 2.45) is 0 Å². The van der Waals surface area contributed by atoms with Gasteiger partial charge in [-0.25, -0.2) is 0 Å². The van der Waals surface area contributed by atoms with Gasteiger partial charge in [-0.3, -0.25) is 9.59 Å². The maximum Gasteiger partial charge on any atom is 0.249 e. The minimum atomic E-state index is -0.129. The Morgan fingerprint density at radius 1 is 1.18 bits per heavy atom. The van der Waals surface area contributed by atoms with Crippen LogP contribution in [0.2, 0.25) is 0 Å². The number of hydrogen-bond donors (Lipinski definition) is 0. The van der Waals surface area contributed by atoms with Gasteiger partial charge in [0.05, 0.1) is 12.6 Å². The number of amides is 2. The monoisotopic (exact) mass is 244 g/mol. The maximum atomic E-state index is 11.8. The second-order valence-electron chi connectivity index (χ2n) is 4.46. The van der Waals surface area contributed by atoms with E-state index in [9.17, 15) is 9.59 Å². The number of hydrogen-bond acceptors (Lipinski definition) is 3. The van der Waals surface area contributed by atoms with Crippen molar-refractivity contribution in [2.45, 2.75) is 33.3 Å². The van der Waals surface area contributed by atoms with E-state index in [0.29, 0.717) is 6.54 Å². The van der Waals surface area contributed by atoms with E-state index < -0.39 is 0 Å². The summed E-state index contributed by atoms with van der Waals surface area (Å²) in [7, 11) is 3.36. The van der Waals surface area contributed by atoms with E-state index in [4.69, 9.17) is 4.74 Å². The maximum absolute atomic E-state index is 11.8. The van der Waals surface area contributed by atoms with E-state index >= 15 is 0 Å². The van der Waals surface area contributed by atoms with Crippen LogP contribution in [0.1, 0.15) is 27.2 Å². The van der Waals surface area contributed by atoms with Crippen molar-refractivity contribution in [3.05, 3.63) is 0 Å². The quantitative estimate of drug-likeness (QED) is 0.663. The molecular formula is C12H24N2O3. The Morgan fingerprint density at radius 3 is 2.18 bits per heavy atom. The van der Waals surface area contributed by atoms with Gasteiger partial charge in [0.15, 0.2) is 0 Å². The Hall–Kier alpha value is -1.10. The van der Waals surface area contributed by atoms with Crippen molar-refractivity contribution in [3.8, 4) is 0 Å². The van der Waals surface area contributed by atoms with Crippen LogP contribution in [0.5, 0.6) is 0 Å². The summed E-state index contributed by atoms with van der Waals surface area (Å²) in [6.07, 6.45) is 0.848. The zero-order valence-corrected chi connectivity index (χ0v) is 11.5. The highest BCUT2D eigenvalue weighted by atomic mass is 16.5. The first-order valence-corrected chi connectivity index (χ1v) is 5.98. The third-order valence-corrected chi connectivity index (χ3v) is 2.21. The molecule has 0 unspecified atom stereocenters. The molecule has 0 aromatic heterocycles. The predicted octanol–water partition coefficient (Wildman–Crippen LogP) is 0.738. The molecular weight excluding hydrogens is 220 g/mol. The summed E-state index contributed by atoms with van der Waals surface area (Å²) in [6.45, 7) is 6.48. The van der Waals surface area contributed by atoms with Crippen LogP contribution in [0, 0.1) is 0 Å². The molecule has 0 aromatic rings. The summed E-state index contributed by atoms with van der Waals surface area (Å²) in [4.78, 5) is 26.4. The van der Waals surface area contributed by atoms with Crippen molar-refractivity contribution in [1.82, 2.24) is 9.80 Å². The largest absolute Gasteiger partial charge is 0.369 e. The number of nitrogens with zero attached hydrogens (tertiary/aromatic N) is 2. The summed E-state index contributed by atoms with van der Waals surface area (Å²) in [5.41, 5.74) is 0. The minimum absolute atomic E-state index is 0.0203. The average molecular weight is 244 g/mol. The van der Waals surface area contributed by atoms with Gasteiger partial charge in [-0.1, -0.05) is 6.92 Å². The lowest BCUT2D eigenvalue weighted by Gasteiger charge is -2.23. The lowest BCUT2D eigenvalue weighted by Crippen LogP contribution is -2.42. The number of ether oxygens (including phenoxy) is 1. The smallest absolute Gasteiger partial charge is 0.249 e. The fraction of sp³-hybridized carbons (Fsp3) is 0.833. The van der Waals surface area contributed by atoms with Gasteiger partial charge in [0.1, 0.15) is 6.61 Å². The van der Waals surface area contributed by atoms with E-state index in [1.54, 1.807) is 19.0 Å². The number of carbonyl (C=O) groups is 2. The third-order valence-electron chi connectivity index (χ3n) is 2.21. The van der Waals surface area contributed by atoms with Crippen molar-refractivity contribution in [2.75, 3.05) is 33.8 Å². The molecule has 0 fully saturated rings.